The van der Waals surface area contributed by atoms with Crippen LogP contribution in [0.4, 0.5) is 0 Å². The summed E-state index contributed by atoms with van der Waals surface area (Å²) in [5.41, 5.74) is 6.07. The molecule has 2 rings (SSSR count). The highest BCUT2D eigenvalue weighted by Gasteiger charge is 2.09. The molecular formula is C12H13N3O3S. The summed E-state index contributed by atoms with van der Waals surface area (Å²) in [6, 6.07) is 5.04. The first kappa shape index (κ1) is 13.2. The van der Waals surface area contributed by atoms with Gasteiger partial charge in [0.1, 0.15) is 11.6 Å². The highest BCUT2D eigenvalue weighted by Crippen LogP contribution is 2.28. The van der Waals surface area contributed by atoms with E-state index in [2.05, 4.69) is 10.1 Å². The maximum absolute atomic E-state index is 8.63. The number of aromatic nitrogens is 1. The summed E-state index contributed by atoms with van der Waals surface area (Å²) in [7, 11) is 1.53. The van der Waals surface area contributed by atoms with Gasteiger partial charge in [0.25, 0.3) is 0 Å². The summed E-state index contributed by atoms with van der Waals surface area (Å²) in [5, 5.41) is 14.3. The van der Waals surface area contributed by atoms with Crippen LogP contribution in [-0.4, -0.2) is 23.1 Å². The van der Waals surface area contributed by atoms with E-state index in [0.717, 1.165) is 5.01 Å². The first-order valence-electron chi connectivity index (χ1n) is 5.41. The fourth-order valence-electron chi connectivity index (χ4n) is 1.47. The molecule has 1 aromatic carbocycles. The third kappa shape index (κ3) is 3.14. The second-order valence-corrected chi connectivity index (χ2v) is 4.54. The van der Waals surface area contributed by atoms with E-state index in [4.69, 9.17) is 20.4 Å². The van der Waals surface area contributed by atoms with Crippen LogP contribution in [0, 0.1) is 0 Å². The number of rotatable bonds is 5. The fraction of sp³-hybridized carbons (Fsp3) is 0.167. The van der Waals surface area contributed by atoms with Crippen LogP contribution in [0.3, 0.4) is 0 Å². The predicted molar refractivity (Wildman–Crippen MR) is 72.0 cm³/mol. The highest BCUT2D eigenvalue weighted by atomic mass is 32.1. The molecule has 0 unspecified atom stereocenters. The van der Waals surface area contributed by atoms with Gasteiger partial charge >= 0.3 is 0 Å². The van der Waals surface area contributed by atoms with E-state index in [1.807, 2.05) is 5.38 Å². The molecule has 0 aliphatic heterocycles. The number of hydrogen-bond acceptors (Lipinski definition) is 6. The molecule has 0 bridgehead atoms. The van der Waals surface area contributed by atoms with Gasteiger partial charge in [0.15, 0.2) is 17.3 Å². The molecule has 0 aliphatic rings. The average Bonchev–Trinajstić information content (AvgIpc) is 2.97. The maximum atomic E-state index is 8.63. The molecule has 0 aliphatic carbocycles. The lowest BCUT2D eigenvalue weighted by Crippen LogP contribution is -2.13. The van der Waals surface area contributed by atoms with Gasteiger partial charge < -0.3 is 20.4 Å². The summed E-state index contributed by atoms with van der Waals surface area (Å²) in [5.74, 6) is 1.11. The average molecular weight is 279 g/mol. The molecule has 0 spiro atoms. The molecule has 0 amide bonds. The van der Waals surface area contributed by atoms with Gasteiger partial charge in [-0.1, -0.05) is 5.16 Å². The minimum atomic E-state index is 0.0183. The Morgan fingerprint density at radius 2 is 2.32 bits per heavy atom. The smallest absolute Gasteiger partial charge is 0.170 e. The summed E-state index contributed by atoms with van der Waals surface area (Å²) in [6.45, 7) is 0.372. The number of hydrogen-bond donors (Lipinski definition) is 2. The van der Waals surface area contributed by atoms with Crippen LogP contribution in [-0.2, 0) is 6.61 Å². The quantitative estimate of drug-likeness (QED) is 0.377. The summed E-state index contributed by atoms with van der Waals surface area (Å²) in [6.07, 6.45) is 1.72. The van der Waals surface area contributed by atoms with Crippen LogP contribution in [0.1, 0.15) is 10.6 Å². The van der Waals surface area contributed by atoms with Crippen molar-refractivity contribution in [2.45, 2.75) is 6.61 Å². The van der Waals surface area contributed by atoms with Gasteiger partial charge in [0.05, 0.1) is 7.11 Å². The normalized spacial score (nSPS) is 11.3. The molecule has 0 saturated heterocycles. The maximum Gasteiger partial charge on any atom is 0.170 e. The first-order valence-corrected chi connectivity index (χ1v) is 6.29. The van der Waals surface area contributed by atoms with E-state index < -0.39 is 0 Å². The van der Waals surface area contributed by atoms with E-state index in [0.29, 0.717) is 23.7 Å². The fourth-order valence-corrected chi connectivity index (χ4v) is 2.00. The number of nitrogens with two attached hydrogens (primary N) is 1. The van der Waals surface area contributed by atoms with Gasteiger partial charge in [-0.05, 0) is 18.2 Å². The predicted octanol–water partition coefficient (Wildman–Crippen LogP) is 1.83. The van der Waals surface area contributed by atoms with Crippen molar-refractivity contribution >= 4 is 17.2 Å². The monoisotopic (exact) mass is 279 g/mol. The van der Waals surface area contributed by atoms with Crippen molar-refractivity contribution in [2.75, 3.05) is 7.11 Å². The third-order valence-corrected chi connectivity index (χ3v) is 3.15. The summed E-state index contributed by atoms with van der Waals surface area (Å²) >= 11 is 1.52. The Morgan fingerprint density at radius 1 is 1.47 bits per heavy atom. The summed E-state index contributed by atoms with van der Waals surface area (Å²) in [4.78, 5) is 4.13. The van der Waals surface area contributed by atoms with E-state index in [1.165, 1.54) is 18.4 Å². The lowest BCUT2D eigenvalue weighted by atomic mass is 10.2. The Bertz CT molecular complexity index is 570. The van der Waals surface area contributed by atoms with Crippen LogP contribution in [0.15, 0.2) is 34.9 Å². The van der Waals surface area contributed by atoms with Crippen molar-refractivity contribution in [2.24, 2.45) is 10.9 Å². The molecule has 2 aromatic rings. The number of nitrogens with zero attached hydrogens (tertiary/aromatic N) is 2. The van der Waals surface area contributed by atoms with Crippen molar-refractivity contribution in [1.82, 2.24) is 4.98 Å². The summed E-state index contributed by atoms with van der Waals surface area (Å²) < 4.78 is 10.8. The van der Waals surface area contributed by atoms with Crippen molar-refractivity contribution < 1.29 is 14.7 Å². The minimum Gasteiger partial charge on any atom is -0.493 e. The highest BCUT2D eigenvalue weighted by molar-refractivity contribution is 7.09. The van der Waals surface area contributed by atoms with Crippen LogP contribution >= 0.6 is 11.3 Å². The second-order valence-electron chi connectivity index (χ2n) is 3.57. The number of methoxy groups -OCH3 is 1. The van der Waals surface area contributed by atoms with E-state index in [1.54, 1.807) is 24.4 Å². The SMILES string of the molecule is COc1cc(C(N)=NO)ccc1OCc1nccs1. The minimum absolute atomic E-state index is 0.0183. The Morgan fingerprint density at radius 3 is 2.95 bits per heavy atom. The van der Waals surface area contributed by atoms with E-state index in [9.17, 15) is 0 Å². The van der Waals surface area contributed by atoms with Crippen LogP contribution in [0.25, 0.3) is 0 Å². The molecule has 3 N–H and O–H groups in total. The van der Waals surface area contributed by atoms with Gasteiger partial charge in [0.2, 0.25) is 0 Å². The molecule has 0 saturated carbocycles. The van der Waals surface area contributed by atoms with E-state index in [-0.39, 0.29) is 5.84 Å². The molecular weight excluding hydrogens is 266 g/mol. The lowest BCUT2D eigenvalue weighted by Gasteiger charge is -2.10. The van der Waals surface area contributed by atoms with E-state index >= 15 is 0 Å². The van der Waals surface area contributed by atoms with Crippen molar-refractivity contribution in [1.29, 1.82) is 0 Å². The molecule has 0 fully saturated rings. The molecule has 100 valence electrons. The molecule has 1 aromatic heterocycles. The van der Waals surface area contributed by atoms with Gasteiger partial charge in [-0.15, -0.1) is 11.3 Å². The van der Waals surface area contributed by atoms with Crippen molar-refractivity contribution in [3.63, 3.8) is 0 Å². The van der Waals surface area contributed by atoms with Crippen LogP contribution < -0.4 is 15.2 Å². The standard InChI is InChI=1S/C12H13N3O3S/c1-17-10-6-8(12(13)15-16)2-3-9(10)18-7-11-14-4-5-19-11/h2-6,16H,7H2,1H3,(H2,13,15). The first-order chi connectivity index (χ1) is 9.24. The molecule has 19 heavy (non-hydrogen) atoms. The zero-order valence-corrected chi connectivity index (χ0v) is 11.1. The van der Waals surface area contributed by atoms with Crippen LogP contribution in [0.5, 0.6) is 11.5 Å². The van der Waals surface area contributed by atoms with Crippen molar-refractivity contribution in [3.8, 4) is 11.5 Å². The Hall–Kier alpha value is -2.28. The van der Waals surface area contributed by atoms with Crippen molar-refractivity contribution in [3.05, 3.63) is 40.3 Å². The number of oxime groups is 1. The zero-order valence-electron chi connectivity index (χ0n) is 10.2. The third-order valence-electron chi connectivity index (χ3n) is 2.40. The Labute approximate surface area is 114 Å². The van der Waals surface area contributed by atoms with Gasteiger partial charge in [-0.2, -0.15) is 0 Å². The zero-order chi connectivity index (χ0) is 13.7. The van der Waals surface area contributed by atoms with Gasteiger partial charge in [-0.25, -0.2) is 4.98 Å². The largest absolute Gasteiger partial charge is 0.493 e. The van der Waals surface area contributed by atoms with Gasteiger partial charge in [0, 0.05) is 17.1 Å². The molecule has 7 heteroatoms. The number of thiazole rings is 1. The number of benzene rings is 1. The lowest BCUT2D eigenvalue weighted by molar-refractivity contribution is 0.284. The molecule has 1 heterocycles. The van der Waals surface area contributed by atoms with Crippen LogP contribution in [0.2, 0.25) is 0 Å². The second kappa shape index (κ2) is 6.05. The molecule has 0 atom stereocenters. The van der Waals surface area contributed by atoms with Gasteiger partial charge in [-0.3, -0.25) is 0 Å². The topological polar surface area (TPSA) is 90.0 Å². The Balaban J connectivity index is 2.16. The Kier molecular flexibility index (Phi) is 4.19. The molecule has 0 radical (unpaired) electrons. The number of ether oxygens (including phenoxy) is 2. The number of amidine groups is 1. The molecule has 6 nitrogen and oxygen atoms in total.